The third-order valence-electron chi connectivity index (χ3n) is 6.16. The molecule has 0 aliphatic carbocycles. The summed E-state index contributed by atoms with van der Waals surface area (Å²) in [6.07, 6.45) is 0.719. The molecule has 3 aromatic rings. The molecule has 0 aliphatic heterocycles. The fourth-order valence-electron chi connectivity index (χ4n) is 3.81. The lowest BCUT2D eigenvalue weighted by Gasteiger charge is -2.32. The van der Waals surface area contributed by atoms with E-state index in [1.54, 1.807) is 25.1 Å². The molecule has 39 heavy (non-hydrogen) atoms. The van der Waals surface area contributed by atoms with E-state index in [-0.39, 0.29) is 39.1 Å². The monoisotopic (exact) mass is 653 g/mol. The minimum absolute atomic E-state index is 0.00463. The van der Waals surface area contributed by atoms with Crippen molar-refractivity contribution in [3.63, 3.8) is 0 Å². The quantitative estimate of drug-likeness (QED) is 0.264. The lowest BCUT2D eigenvalue weighted by atomic mass is 10.1. The van der Waals surface area contributed by atoms with Crippen molar-refractivity contribution in [3.8, 4) is 0 Å². The van der Waals surface area contributed by atoms with Crippen LogP contribution in [0.5, 0.6) is 0 Å². The zero-order valence-electron chi connectivity index (χ0n) is 21.8. The highest BCUT2D eigenvalue weighted by atomic mass is 79.9. The van der Waals surface area contributed by atoms with E-state index < -0.39 is 28.5 Å². The smallest absolute Gasteiger partial charge is 0.264 e. The second-order valence-corrected chi connectivity index (χ2v) is 12.7. The summed E-state index contributed by atoms with van der Waals surface area (Å²) in [5.74, 6) is -0.909. The van der Waals surface area contributed by atoms with Crippen molar-refractivity contribution in [2.75, 3.05) is 10.8 Å². The van der Waals surface area contributed by atoms with Gasteiger partial charge in [0.25, 0.3) is 10.0 Å². The number of hydrogen-bond donors (Lipinski definition) is 1. The van der Waals surface area contributed by atoms with Crippen molar-refractivity contribution < 1.29 is 18.0 Å². The second-order valence-electron chi connectivity index (χ2n) is 9.10. The zero-order valence-corrected chi connectivity index (χ0v) is 25.7. The van der Waals surface area contributed by atoms with E-state index in [1.807, 2.05) is 38.1 Å². The van der Waals surface area contributed by atoms with Crippen LogP contribution in [0.4, 0.5) is 5.69 Å². The Kier molecular flexibility index (Phi) is 10.8. The first-order valence-corrected chi connectivity index (χ1v) is 15.3. The van der Waals surface area contributed by atoms with Gasteiger partial charge in [-0.25, -0.2) is 8.42 Å². The van der Waals surface area contributed by atoms with Gasteiger partial charge >= 0.3 is 0 Å². The van der Waals surface area contributed by atoms with Gasteiger partial charge in [0.05, 0.1) is 10.6 Å². The van der Waals surface area contributed by atoms with Crippen LogP contribution in [0.2, 0.25) is 10.0 Å². The molecule has 0 bridgehead atoms. The van der Waals surface area contributed by atoms with E-state index in [4.69, 9.17) is 23.2 Å². The van der Waals surface area contributed by atoms with Gasteiger partial charge in [0.2, 0.25) is 11.8 Å². The predicted molar refractivity (Wildman–Crippen MR) is 159 cm³/mol. The molecular formula is C28H30BrCl2N3O4S. The first-order chi connectivity index (χ1) is 18.4. The number of hydrogen-bond acceptors (Lipinski definition) is 4. The fraction of sp³-hybridized carbons (Fsp3) is 0.286. The molecule has 0 spiro atoms. The van der Waals surface area contributed by atoms with E-state index in [9.17, 15) is 18.0 Å². The molecule has 2 amide bonds. The molecule has 7 nitrogen and oxygen atoms in total. The summed E-state index contributed by atoms with van der Waals surface area (Å²) in [6.45, 7) is 4.95. The Morgan fingerprint density at radius 3 is 2.18 bits per heavy atom. The summed E-state index contributed by atoms with van der Waals surface area (Å²) in [5.41, 5.74) is 0.896. The Morgan fingerprint density at radius 2 is 1.59 bits per heavy atom. The molecule has 0 saturated heterocycles. The van der Waals surface area contributed by atoms with Crippen LogP contribution in [0.15, 0.2) is 82.2 Å². The molecule has 0 fully saturated rings. The van der Waals surface area contributed by atoms with Crippen LogP contribution in [0.25, 0.3) is 0 Å². The van der Waals surface area contributed by atoms with E-state index >= 15 is 0 Å². The molecule has 0 saturated carbocycles. The van der Waals surface area contributed by atoms with Crippen LogP contribution < -0.4 is 9.62 Å². The van der Waals surface area contributed by atoms with E-state index in [1.165, 1.54) is 35.2 Å². The standard InChI is InChI=1S/C28H30BrCl2N3O4S/c1-4-19(2)32-28(36)20(3)33(17-21-9-8-10-22(29)13-21)27(35)18-34(25-15-23(30)14-24(31)16-25)39(37,38)26-11-6-5-7-12-26/h5-16,19-20H,4,17-18H2,1-3H3,(H,32,36)/t19-,20-/m0/s1. The van der Waals surface area contributed by atoms with E-state index in [0.29, 0.717) is 0 Å². The van der Waals surface area contributed by atoms with Gasteiger partial charge in [-0.05, 0) is 68.3 Å². The van der Waals surface area contributed by atoms with Gasteiger partial charge in [-0.2, -0.15) is 0 Å². The first kappa shape index (κ1) is 30.9. The van der Waals surface area contributed by atoms with Gasteiger partial charge in [-0.3, -0.25) is 13.9 Å². The van der Waals surface area contributed by atoms with Gasteiger partial charge in [-0.15, -0.1) is 0 Å². The summed E-state index contributed by atoms with van der Waals surface area (Å²) in [5, 5.41) is 3.34. The van der Waals surface area contributed by atoms with Gasteiger partial charge in [0.15, 0.2) is 0 Å². The van der Waals surface area contributed by atoms with Gasteiger partial charge in [-0.1, -0.05) is 76.4 Å². The molecule has 11 heteroatoms. The lowest BCUT2D eigenvalue weighted by molar-refractivity contribution is -0.139. The molecule has 0 aliphatic rings. The summed E-state index contributed by atoms with van der Waals surface area (Å²) in [6, 6.07) is 18.5. The number of carbonyl (C=O) groups excluding carboxylic acids is 2. The summed E-state index contributed by atoms with van der Waals surface area (Å²) >= 11 is 15.9. The molecule has 3 aromatic carbocycles. The minimum atomic E-state index is -4.20. The predicted octanol–water partition coefficient (Wildman–Crippen LogP) is 6.28. The number of nitrogens with one attached hydrogen (secondary N) is 1. The van der Waals surface area contributed by atoms with Crippen molar-refractivity contribution in [1.29, 1.82) is 0 Å². The van der Waals surface area contributed by atoms with Crippen molar-refractivity contribution in [1.82, 2.24) is 10.2 Å². The first-order valence-electron chi connectivity index (χ1n) is 12.3. The molecule has 0 heterocycles. The normalized spacial score (nSPS) is 12.9. The number of carbonyl (C=O) groups is 2. The minimum Gasteiger partial charge on any atom is -0.352 e. The Balaban J connectivity index is 2.05. The van der Waals surface area contributed by atoms with Crippen LogP contribution in [-0.2, 0) is 26.2 Å². The number of benzene rings is 3. The maximum atomic E-state index is 13.9. The average molecular weight is 655 g/mol. The highest BCUT2D eigenvalue weighted by molar-refractivity contribution is 9.10. The highest BCUT2D eigenvalue weighted by Gasteiger charge is 2.33. The Bertz CT molecular complexity index is 1400. The number of nitrogens with zero attached hydrogens (tertiary/aromatic N) is 2. The number of anilines is 1. The molecule has 1 N–H and O–H groups in total. The average Bonchev–Trinajstić information content (AvgIpc) is 2.89. The molecule has 3 rings (SSSR count). The number of amides is 2. The van der Waals surface area contributed by atoms with Crippen LogP contribution >= 0.6 is 39.1 Å². The number of halogens is 3. The maximum absolute atomic E-state index is 13.9. The summed E-state index contributed by atoms with van der Waals surface area (Å²) in [7, 11) is -4.20. The molecule has 0 aromatic heterocycles. The molecule has 0 unspecified atom stereocenters. The topological polar surface area (TPSA) is 86.8 Å². The Hall–Kier alpha value is -2.59. The van der Waals surface area contributed by atoms with Crippen LogP contribution in [-0.4, -0.2) is 43.8 Å². The Morgan fingerprint density at radius 1 is 0.949 bits per heavy atom. The maximum Gasteiger partial charge on any atom is 0.264 e. The largest absolute Gasteiger partial charge is 0.352 e. The van der Waals surface area contributed by atoms with Gasteiger partial charge in [0.1, 0.15) is 12.6 Å². The summed E-state index contributed by atoms with van der Waals surface area (Å²) < 4.78 is 29.4. The number of sulfonamides is 1. The van der Waals surface area contributed by atoms with Crippen molar-refractivity contribution in [3.05, 3.63) is 92.9 Å². The van der Waals surface area contributed by atoms with Crippen molar-refractivity contribution in [2.45, 2.75) is 50.7 Å². The van der Waals surface area contributed by atoms with Crippen LogP contribution in [0, 0.1) is 0 Å². The number of rotatable bonds is 11. The zero-order chi connectivity index (χ0) is 28.7. The van der Waals surface area contributed by atoms with Crippen LogP contribution in [0.1, 0.15) is 32.8 Å². The fourth-order valence-corrected chi connectivity index (χ4v) is 6.19. The SMILES string of the molecule is CC[C@H](C)NC(=O)[C@H](C)N(Cc1cccc(Br)c1)C(=O)CN(c1cc(Cl)cc(Cl)c1)S(=O)(=O)c1ccccc1. The van der Waals surface area contributed by atoms with Crippen LogP contribution in [0.3, 0.4) is 0 Å². The van der Waals surface area contributed by atoms with Gasteiger partial charge in [0, 0.05) is 27.1 Å². The Labute approximate surface area is 248 Å². The molecular weight excluding hydrogens is 625 g/mol. The van der Waals surface area contributed by atoms with Gasteiger partial charge < -0.3 is 10.2 Å². The lowest BCUT2D eigenvalue weighted by Crippen LogP contribution is -2.52. The van der Waals surface area contributed by atoms with Crippen molar-refractivity contribution >= 4 is 66.7 Å². The van der Waals surface area contributed by atoms with Crippen molar-refractivity contribution in [2.24, 2.45) is 0 Å². The third kappa shape index (κ3) is 8.20. The molecule has 2 atom stereocenters. The second kappa shape index (κ2) is 13.7. The van der Waals surface area contributed by atoms with E-state index in [2.05, 4.69) is 21.2 Å². The highest BCUT2D eigenvalue weighted by Crippen LogP contribution is 2.30. The third-order valence-corrected chi connectivity index (χ3v) is 8.87. The van der Waals surface area contributed by atoms with E-state index in [0.717, 1.165) is 20.8 Å². The summed E-state index contributed by atoms with van der Waals surface area (Å²) in [4.78, 5) is 28.4. The molecule has 0 radical (unpaired) electrons. The molecule has 208 valence electrons.